The lowest BCUT2D eigenvalue weighted by Gasteiger charge is -2.51. The fourth-order valence-electron chi connectivity index (χ4n) is 9.00. The molecule has 300 valence electrons. The molecular weight excluding hydrogens is 727 g/mol. The van der Waals surface area contributed by atoms with Crippen LogP contribution >= 0.6 is 11.3 Å². The van der Waals surface area contributed by atoms with Crippen LogP contribution in [0.2, 0.25) is 0 Å². The van der Waals surface area contributed by atoms with Crippen LogP contribution in [0.15, 0.2) is 46.9 Å². The van der Waals surface area contributed by atoms with Crippen molar-refractivity contribution in [2.75, 3.05) is 26.8 Å². The lowest BCUT2D eigenvalue weighted by Crippen LogP contribution is -2.65. The maximum Gasteiger partial charge on any atom is 0.324 e. The van der Waals surface area contributed by atoms with Gasteiger partial charge in [-0.05, 0) is 76.5 Å². The number of nitrogens with one attached hydrogen (secondary N) is 2. The number of nitrogens with zero attached hydrogens (tertiary/aromatic N) is 5. The molecule has 6 bridgehead atoms. The van der Waals surface area contributed by atoms with Gasteiger partial charge in [-0.3, -0.25) is 19.6 Å². The molecule has 3 amide bonds. The number of likely N-dealkylation sites (tertiary alicyclic amines) is 1. The summed E-state index contributed by atoms with van der Waals surface area (Å²) in [6.07, 6.45) is 9.83. The highest BCUT2D eigenvalue weighted by atomic mass is 32.1. The molecule has 1 saturated carbocycles. The Kier molecular flexibility index (Phi) is 11.9. The fourth-order valence-corrected chi connectivity index (χ4v) is 9.85. The van der Waals surface area contributed by atoms with Gasteiger partial charge in [0.2, 0.25) is 0 Å². The number of hydrogen-bond acceptors (Lipinski definition) is 9. The van der Waals surface area contributed by atoms with E-state index in [9.17, 15) is 14.4 Å². The van der Waals surface area contributed by atoms with Gasteiger partial charge in [0.1, 0.15) is 12.1 Å². The van der Waals surface area contributed by atoms with Crippen LogP contribution in [0.5, 0.6) is 0 Å². The Labute approximate surface area is 334 Å². The summed E-state index contributed by atoms with van der Waals surface area (Å²) in [6, 6.07) is 4.91. The van der Waals surface area contributed by atoms with E-state index < -0.39 is 23.5 Å². The molecule has 13 heteroatoms. The first-order valence-electron chi connectivity index (χ1n) is 20.3. The first-order chi connectivity index (χ1) is 27.0. The molecule has 7 rings (SSSR count). The molecule has 3 aliphatic heterocycles. The number of allylic oxidation sites excluding steroid dienone is 2. The van der Waals surface area contributed by atoms with E-state index in [0.29, 0.717) is 38.3 Å². The number of cyclic esters (lactones) is 1. The predicted octanol–water partition coefficient (Wildman–Crippen LogP) is 6.92. The first-order valence-corrected chi connectivity index (χ1v) is 21.1. The SMILES string of the molecule is C=C/C(=C(\N=C/C)[C@H](C)OC)c1c2c3cc(ccc3n1CC)-c1csc(n1)C[C@H](NC(=O)N1C[C@@H]3CCCC[C@@H]31)C(=O)N1CCC[C@H](N1)C(=O)OCC(C)(C)C2. The number of ether oxygens (including phenoxy) is 2. The normalized spacial score (nSPS) is 25.2. The minimum absolute atomic E-state index is 0.170. The van der Waals surface area contributed by atoms with Crippen LogP contribution in [0.1, 0.15) is 89.4 Å². The van der Waals surface area contributed by atoms with Gasteiger partial charge >= 0.3 is 12.0 Å². The van der Waals surface area contributed by atoms with Crippen molar-refractivity contribution in [3.8, 4) is 11.3 Å². The van der Waals surface area contributed by atoms with Crippen molar-refractivity contribution in [3.05, 3.63) is 58.2 Å². The summed E-state index contributed by atoms with van der Waals surface area (Å²) in [7, 11) is 1.68. The number of esters is 1. The lowest BCUT2D eigenvalue weighted by atomic mass is 9.77. The highest BCUT2D eigenvalue weighted by molar-refractivity contribution is 7.10. The van der Waals surface area contributed by atoms with Gasteiger partial charge in [-0.25, -0.2) is 15.2 Å². The van der Waals surface area contributed by atoms with Gasteiger partial charge in [0.25, 0.3) is 5.91 Å². The van der Waals surface area contributed by atoms with Crippen LogP contribution in [0.25, 0.3) is 27.7 Å². The molecule has 5 atom stereocenters. The first kappa shape index (κ1) is 39.9. The average molecular weight is 784 g/mol. The standard InChI is InChI=1S/C43H57N7O5S/c1-8-29(38(44-9-2)26(4)54-7)39-31-22-43(5,6)25-55-41(52)32-15-13-19-50(47-32)40(51)33(46-42(53)49-23-28-14-11-12-16-35(28)49)21-37-45-34(24-56-37)27-17-18-36(30(31)20-27)48(39)10-3/h8-9,17-18,20,24,26,28,32-33,35,47H,1,10-16,19,21-23,25H2,2-7H3,(H,46,53)/b38-29+,44-9-/t26-,28-,32-,33-,35-/m0/s1. The largest absolute Gasteiger partial charge is 0.464 e. The average Bonchev–Trinajstić information content (AvgIpc) is 3.78. The fraction of sp³-hybridized carbons (Fsp3) is 0.558. The zero-order valence-corrected chi connectivity index (χ0v) is 34.5. The number of fused-ring (bicyclic) bond motifs is 7. The van der Waals surface area contributed by atoms with E-state index in [4.69, 9.17) is 19.5 Å². The van der Waals surface area contributed by atoms with Gasteiger partial charge in [-0.2, -0.15) is 0 Å². The van der Waals surface area contributed by atoms with Gasteiger partial charge < -0.3 is 24.3 Å². The Hall–Kier alpha value is -4.33. The zero-order valence-electron chi connectivity index (χ0n) is 33.7. The third-order valence-electron chi connectivity index (χ3n) is 12.0. The second-order valence-corrected chi connectivity index (χ2v) is 17.4. The Morgan fingerprint density at radius 3 is 2.77 bits per heavy atom. The van der Waals surface area contributed by atoms with E-state index in [0.717, 1.165) is 75.5 Å². The van der Waals surface area contributed by atoms with E-state index >= 15 is 0 Å². The number of hydrogen-bond donors (Lipinski definition) is 2. The van der Waals surface area contributed by atoms with Crippen LogP contribution in [0.4, 0.5) is 4.79 Å². The molecule has 2 saturated heterocycles. The topological polar surface area (TPSA) is 130 Å². The molecule has 2 aromatic heterocycles. The number of thiazole rings is 1. The summed E-state index contributed by atoms with van der Waals surface area (Å²) in [6.45, 7) is 16.5. The van der Waals surface area contributed by atoms with Gasteiger partial charge in [-0.1, -0.05) is 45.4 Å². The number of methoxy groups -OCH3 is 1. The number of carbonyl (C=O) groups excluding carboxylic acids is 3. The van der Waals surface area contributed by atoms with Crippen molar-refractivity contribution in [1.82, 2.24) is 30.2 Å². The summed E-state index contributed by atoms with van der Waals surface area (Å²) < 4.78 is 14.2. The van der Waals surface area contributed by atoms with Crippen LogP contribution in [0.3, 0.4) is 0 Å². The van der Waals surface area contributed by atoms with Crippen LogP contribution in [-0.4, -0.2) is 94.6 Å². The number of aliphatic imine (C=N–C) groups is 1. The molecule has 1 aliphatic carbocycles. The summed E-state index contributed by atoms with van der Waals surface area (Å²) in [5.41, 5.74) is 9.30. The van der Waals surface area contributed by atoms with Crippen molar-refractivity contribution >= 4 is 51.9 Å². The number of hydrazine groups is 1. The molecular formula is C43H57N7O5S. The number of aryl methyl sites for hydroxylation is 1. The Bertz CT molecular complexity index is 2050. The summed E-state index contributed by atoms with van der Waals surface area (Å²) in [5.74, 6) is -0.139. The maximum atomic E-state index is 14.3. The van der Waals surface area contributed by atoms with E-state index in [1.807, 2.05) is 30.2 Å². The Morgan fingerprint density at radius 1 is 1.23 bits per heavy atom. The smallest absolute Gasteiger partial charge is 0.324 e. The number of carbonyl (C=O) groups is 3. The quantitative estimate of drug-likeness (QED) is 0.151. The van der Waals surface area contributed by atoms with Crippen molar-refractivity contribution in [3.63, 3.8) is 0 Å². The summed E-state index contributed by atoms with van der Waals surface area (Å²) in [5, 5.41) is 8.45. The number of rotatable bonds is 7. The Balaban J connectivity index is 1.32. The predicted molar refractivity (Wildman–Crippen MR) is 221 cm³/mol. The zero-order chi connectivity index (χ0) is 39.7. The number of urea groups is 1. The monoisotopic (exact) mass is 783 g/mol. The van der Waals surface area contributed by atoms with Gasteiger partial charge in [0, 0.05) is 78.3 Å². The van der Waals surface area contributed by atoms with Crippen LogP contribution in [0, 0.1) is 11.3 Å². The molecule has 1 aromatic carbocycles. The molecule has 56 heavy (non-hydrogen) atoms. The molecule has 4 aliphatic rings. The van der Waals surface area contributed by atoms with Gasteiger partial charge in [0.15, 0.2) is 0 Å². The van der Waals surface area contributed by atoms with Crippen molar-refractivity contribution in [1.29, 1.82) is 0 Å². The van der Waals surface area contributed by atoms with E-state index in [1.54, 1.807) is 13.3 Å². The second kappa shape index (κ2) is 16.6. The lowest BCUT2D eigenvalue weighted by molar-refractivity contribution is -0.155. The van der Waals surface area contributed by atoms with Crippen molar-refractivity contribution in [2.24, 2.45) is 16.3 Å². The minimum Gasteiger partial charge on any atom is -0.464 e. The van der Waals surface area contributed by atoms with Gasteiger partial charge in [0.05, 0.1) is 34.8 Å². The highest BCUT2D eigenvalue weighted by Gasteiger charge is 2.44. The summed E-state index contributed by atoms with van der Waals surface area (Å²) >= 11 is 1.48. The van der Waals surface area contributed by atoms with Crippen LogP contribution in [-0.2, 0) is 38.4 Å². The third kappa shape index (κ3) is 7.82. The number of benzene rings is 1. The summed E-state index contributed by atoms with van der Waals surface area (Å²) in [4.78, 5) is 53.5. The van der Waals surface area contributed by atoms with Crippen LogP contribution < -0.4 is 10.7 Å². The third-order valence-corrected chi connectivity index (χ3v) is 12.9. The van der Waals surface area contributed by atoms with Crippen molar-refractivity contribution < 1.29 is 23.9 Å². The minimum atomic E-state index is -0.863. The molecule has 12 nitrogen and oxygen atoms in total. The van der Waals surface area contributed by atoms with E-state index in [2.05, 4.69) is 60.9 Å². The molecule has 0 spiro atoms. The molecule has 3 aromatic rings. The van der Waals surface area contributed by atoms with Crippen molar-refractivity contribution in [2.45, 2.75) is 117 Å². The maximum absolute atomic E-state index is 14.3. The second-order valence-electron chi connectivity index (χ2n) is 16.4. The number of amides is 3. The van der Waals surface area contributed by atoms with E-state index in [-0.39, 0.29) is 37.1 Å². The highest BCUT2D eigenvalue weighted by Crippen LogP contribution is 2.41. The molecule has 0 unspecified atom stereocenters. The Morgan fingerprint density at radius 2 is 2.04 bits per heavy atom. The van der Waals surface area contributed by atoms with E-state index in [1.165, 1.54) is 22.8 Å². The van der Waals surface area contributed by atoms with Gasteiger partial charge in [-0.15, -0.1) is 11.3 Å². The molecule has 3 fully saturated rings. The molecule has 5 heterocycles. The molecule has 0 radical (unpaired) electrons. The number of aromatic nitrogens is 2. The molecule has 2 N–H and O–H groups in total.